The molecule has 15 heavy (non-hydrogen) atoms. The lowest BCUT2D eigenvalue weighted by Gasteiger charge is -2.17. The Labute approximate surface area is 91.9 Å². The van der Waals surface area contributed by atoms with Crippen LogP contribution < -0.4 is 5.32 Å². The van der Waals surface area contributed by atoms with E-state index in [9.17, 15) is 0 Å². The van der Waals surface area contributed by atoms with Crippen LogP contribution in [0.5, 0.6) is 0 Å². The molecule has 0 saturated heterocycles. The summed E-state index contributed by atoms with van der Waals surface area (Å²) in [6.07, 6.45) is 2.16. The summed E-state index contributed by atoms with van der Waals surface area (Å²) < 4.78 is 0. The first-order valence-electron chi connectivity index (χ1n) is 5.48. The zero-order valence-corrected chi connectivity index (χ0v) is 9.67. The molecule has 0 unspecified atom stereocenters. The van der Waals surface area contributed by atoms with E-state index in [4.69, 9.17) is 5.26 Å². The van der Waals surface area contributed by atoms with Crippen molar-refractivity contribution in [1.82, 2.24) is 0 Å². The van der Waals surface area contributed by atoms with E-state index < -0.39 is 0 Å². The number of anilines is 1. The summed E-state index contributed by atoms with van der Waals surface area (Å²) >= 11 is 0. The van der Waals surface area contributed by atoms with E-state index in [0.29, 0.717) is 6.04 Å². The molecule has 1 rings (SSSR count). The van der Waals surface area contributed by atoms with Crippen LogP contribution in [0.1, 0.15) is 37.8 Å². The summed E-state index contributed by atoms with van der Waals surface area (Å²) in [6, 6.07) is 8.55. The normalized spacial score (nSPS) is 10.1. The van der Waals surface area contributed by atoms with Gasteiger partial charge in [0.05, 0.1) is 11.3 Å². The number of aryl methyl sites for hydroxylation is 1. The van der Waals surface area contributed by atoms with E-state index >= 15 is 0 Å². The first-order chi connectivity index (χ1) is 7.21. The van der Waals surface area contributed by atoms with Crippen molar-refractivity contribution in [2.45, 2.75) is 39.7 Å². The van der Waals surface area contributed by atoms with Crippen molar-refractivity contribution in [1.29, 1.82) is 5.26 Å². The number of nitrogens with zero attached hydrogens (tertiary/aromatic N) is 1. The lowest BCUT2D eigenvalue weighted by atomic mass is 10.1. The fourth-order valence-corrected chi connectivity index (χ4v) is 1.59. The van der Waals surface area contributed by atoms with Crippen molar-refractivity contribution in [2.75, 3.05) is 5.32 Å². The molecule has 2 heteroatoms. The minimum absolute atomic E-state index is 0.457. The van der Waals surface area contributed by atoms with Crippen LogP contribution in [-0.2, 0) is 0 Å². The highest BCUT2D eigenvalue weighted by molar-refractivity contribution is 5.59. The lowest BCUT2D eigenvalue weighted by molar-refractivity contribution is 0.671. The second kappa shape index (κ2) is 5.41. The van der Waals surface area contributed by atoms with Gasteiger partial charge in [-0.25, -0.2) is 0 Å². The lowest BCUT2D eigenvalue weighted by Crippen LogP contribution is -2.17. The molecule has 0 aromatic heterocycles. The van der Waals surface area contributed by atoms with Crippen molar-refractivity contribution in [3.63, 3.8) is 0 Å². The number of benzene rings is 1. The Morgan fingerprint density at radius 2 is 2.00 bits per heavy atom. The summed E-state index contributed by atoms with van der Waals surface area (Å²) in [6.45, 7) is 6.35. The highest BCUT2D eigenvalue weighted by atomic mass is 14.9. The number of nitriles is 1. The molecule has 0 aliphatic rings. The highest BCUT2D eigenvalue weighted by Gasteiger charge is 2.06. The van der Waals surface area contributed by atoms with Crippen LogP contribution in [0.2, 0.25) is 0 Å². The summed E-state index contributed by atoms with van der Waals surface area (Å²) in [5.41, 5.74) is 2.88. The number of hydrogen-bond acceptors (Lipinski definition) is 2. The van der Waals surface area contributed by atoms with Gasteiger partial charge in [0.1, 0.15) is 6.07 Å². The molecule has 1 aromatic rings. The molecular weight excluding hydrogens is 184 g/mol. The Balaban J connectivity index is 2.92. The van der Waals surface area contributed by atoms with E-state index in [0.717, 1.165) is 24.1 Å². The Morgan fingerprint density at radius 1 is 1.33 bits per heavy atom. The third kappa shape index (κ3) is 2.99. The van der Waals surface area contributed by atoms with Crippen molar-refractivity contribution >= 4 is 5.69 Å². The molecule has 0 aliphatic heterocycles. The maximum Gasteiger partial charge on any atom is 0.101 e. The number of hydrogen-bond donors (Lipinski definition) is 1. The second-order valence-electron chi connectivity index (χ2n) is 3.82. The molecule has 0 saturated carbocycles. The van der Waals surface area contributed by atoms with Gasteiger partial charge < -0.3 is 5.32 Å². The second-order valence-corrected chi connectivity index (χ2v) is 3.82. The highest BCUT2D eigenvalue weighted by Crippen LogP contribution is 2.19. The average Bonchev–Trinajstić information content (AvgIpc) is 2.26. The maximum absolute atomic E-state index is 8.98. The van der Waals surface area contributed by atoms with E-state index in [1.165, 1.54) is 5.56 Å². The smallest absolute Gasteiger partial charge is 0.101 e. The molecule has 1 N–H and O–H groups in total. The van der Waals surface area contributed by atoms with Gasteiger partial charge in [0.25, 0.3) is 0 Å². The van der Waals surface area contributed by atoms with Crippen molar-refractivity contribution in [3.8, 4) is 6.07 Å². The summed E-state index contributed by atoms with van der Waals surface area (Å²) in [5, 5.41) is 12.4. The van der Waals surface area contributed by atoms with Crippen LogP contribution >= 0.6 is 0 Å². The predicted octanol–water partition coefficient (Wildman–Crippen LogP) is 3.47. The largest absolute Gasteiger partial charge is 0.381 e. The minimum Gasteiger partial charge on any atom is -0.381 e. The number of nitrogens with one attached hydrogen (secondary N) is 1. The van der Waals surface area contributed by atoms with E-state index in [2.05, 4.69) is 25.2 Å². The van der Waals surface area contributed by atoms with Crippen LogP contribution in [0.25, 0.3) is 0 Å². The summed E-state index contributed by atoms with van der Waals surface area (Å²) in [4.78, 5) is 0. The zero-order valence-electron chi connectivity index (χ0n) is 9.67. The average molecular weight is 202 g/mol. The predicted molar refractivity (Wildman–Crippen MR) is 63.9 cm³/mol. The fourth-order valence-electron chi connectivity index (χ4n) is 1.59. The third-order valence-corrected chi connectivity index (χ3v) is 2.64. The van der Waals surface area contributed by atoms with Crippen molar-refractivity contribution in [3.05, 3.63) is 29.3 Å². The monoisotopic (exact) mass is 202 g/mol. The van der Waals surface area contributed by atoms with Gasteiger partial charge in [0.15, 0.2) is 0 Å². The molecule has 0 radical (unpaired) electrons. The first kappa shape index (κ1) is 11.6. The van der Waals surface area contributed by atoms with Gasteiger partial charge in [0.2, 0.25) is 0 Å². The molecule has 1 aromatic carbocycles. The standard InChI is InChI=1S/C13H18N2/c1-4-12(5-2)15-13-8-10(3)6-7-11(13)9-14/h6-8,12,15H,4-5H2,1-3H3. The van der Waals surface area contributed by atoms with Gasteiger partial charge in [0, 0.05) is 6.04 Å². The van der Waals surface area contributed by atoms with Gasteiger partial charge in [-0.1, -0.05) is 19.9 Å². The molecule has 0 aliphatic carbocycles. The van der Waals surface area contributed by atoms with Crippen LogP contribution in [0.3, 0.4) is 0 Å². The Kier molecular flexibility index (Phi) is 4.17. The molecule has 0 heterocycles. The Morgan fingerprint density at radius 3 is 2.53 bits per heavy atom. The van der Waals surface area contributed by atoms with Gasteiger partial charge in [-0.05, 0) is 37.5 Å². The molecule has 0 amide bonds. The van der Waals surface area contributed by atoms with Gasteiger partial charge in [-0.3, -0.25) is 0 Å². The topological polar surface area (TPSA) is 35.8 Å². The summed E-state index contributed by atoms with van der Waals surface area (Å²) in [7, 11) is 0. The van der Waals surface area contributed by atoms with Crippen molar-refractivity contribution in [2.24, 2.45) is 0 Å². The Bertz CT molecular complexity index is 359. The molecule has 0 bridgehead atoms. The molecular formula is C13H18N2. The van der Waals surface area contributed by atoms with Crippen LogP contribution in [-0.4, -0.2) is 6.04 Å². The van der Waals surface area contributed by atoms with E-state index in [-0.39, 0.29) is 0 Å². The maximum atomic E-state index is 8.98. The summed E-state index contributed by atoms with van der Waals surface area (Å²) in [5.74, 6) is 0. The van der Waals surface area contributed by atoms with Crippen LogP contribution in [0.4, 0.5) is 5.69 Å². The van der Waals surface area contributed by atoms with Crippen LogP contribution in [0, 0.1) is 18.3 Å². The first-order valence-corrected chi connectivity index (χ1v) is 5.48. The molecule has 2 nitrogen and oxygen atoms in total. The van der Waals surface area contributed by atoms with E-state index in [1.807, 2.05) is 25.1 Å². The zero-order chi connectivity index (χ0) is 11.3. The number of rotatable bonds is 4. The van der Waals surface area contributed by atoms with Gasteiger partial charge >= 0.3 is 0 Å². The molecule has 0 spiro atoms. The SMILES string of the molecule is CCC(CC)Nc1cc(C)ccc1C#N. The molecule has 0 fully saturated rings. The van der Waals surface area contributed by atoms with Crippen LogP contribution in [0.15, 0.2) is 18.2 Å². The minimum atomic E-state index is 0.457. The van der Waals surface area contributed by atoms with Crippen molar-refractivity contribution < 1.29 is 0 Å². The fraction of sp³-hybridized carbons (Fsp3) is 0.462. The van der Waals surface area contributed by atoms with Gasteiger partial charge in [-0.15, -0.1) is 0 Å². The van der Waals surface area contributed by atoms with Gasteiger partial charge in [-0.2, -0.15) is 5.26 Å². The quantitative estimate of drug-likeness (QED) is 0.811. The molecule has 80 valence electrons. The third-order valence-electron chi connectivity index (χ3n) is 2.64. The molecule has 0 atom stereocenters. The Hall–Kier alpha value is -1.49. The van der Waals surface area contributed by atoms with E-state index in [1.54, 1.807) is 0 Å².